The van der Waals surface area contributed by atoms with Crippen molar-refractivity contribution in [1.29, 1.82) is 0 Å². The minimum atomic E-state index is 0.707. The van der Waals surface area contributed by atoms with Crippen LogP contribution >= 0.6 is 0 Å². The van der Waals surface area contributed by atoms with Crippen molar-refractivity contribution < 1.29 is 8.83 Å². The molecule has 0 spiro atoms. The third kappa shape index (κ3) is 1.95. The largest absolute Gasteiger partial charge is 0.461 e. The zero-order valence-electron chi connectivity index (χ0n) is 9.09. The summed E-state index contributed by atoms with van der Waals surface area (Å²) in [4.78, 5) is 0. The van der Waals surface area contributed by atoms with Crippen LogP contribution in [0.25, 0.3) is 11.5 Å². The highest BCUT2D eigenvalue weighted by molar-refractivity contribution is 5.74. The van der Waals surface area contributed by atoms with E-state index in [-0.39, 0.29) is 0 Å². The summed E-state index contributed by atoms with van der Waals surface area (Å²) in [6.07, 6.45) is 3.27. The summed E-state index contributed by atoms with van der Waals surface area (Å²) in [5.41, 5.74) is 1.91. The number of nitrogens with one attached hydrogen (secondary N) is 1. The van der Waals surface area contributed by atoms with Crippen LogP contribution in [-0.4, -0.2) is 0 Å². The van der Waals surface area contributed by atoms with Crippen LogP contribution in [0.5, 0.6) is 0 Å². The molecule has 0 radical (unpaired) electrons. The second-order valence-electron chi connectivity index (χ2n) is 3.63. The van der Waals surface area contributed by atoms with Gasteiger partial charge in [-0.1, -0.05) is 18.2 Å². The first-order chi connectivity index (χ1) is 8.43. The van der Waals surface area contributed by atoms with Gasteiger partial charge in [0.2, 0.25) is 0 Å². The number of furan rings is 2. The molecule has 0 aliphatic rings. The molecule has 0 aliphatic carbocycles. The molecule has 2 heterocycles. The van der Waals surface area contributed by atoms with Gasteiger partial charge in [0, 0.05) is 11.8 Å². The molecular weight excluding hydrogens is 214 g/mol. The van der Waals surface area contributed by atoms with Gasteiger partial charge >= 0.3 is 0 Å². The highest BCUT2D eigenvalue weighted by Crippen LogP contribution is 2.31. The van der Waals surface area contributed by atoms with Crippen molar-refractivity contribution in [3.63, 3.8) is 0 Å². The lowest BCUT2D eigenvalue weighted by atomic mass is 10.2. The Morgan fingerprint density at radius 2 is 1.65 bits per heavy atom. The first-order valence-corrected chi connectivity index (χ1v) is 5.37. The van der Waals surface area contributed by atoms with Crippen molar-refractivity contribution in [3.05, 3.63) is 61.1 Å². The van der Waals surface area contributed by atoms with Gasteiger partial charge in [0.25, 0.3) is 0 Å². The van der Waals surface area contributed by atoms with Crippen LogP contribution in [0.4, 0.5) is 11.4 Å². The van der Waals surface area contributed by atoms with E-state index in [9.17, 15) is 0 Å². The molecule has 1 N–H and O–H groups in total. The van der Waals surface area contributed by atoms with E-state index in [0.717, 1.165) is 11.4 Å². The lowest BCUT2D eigenvalue weighted by molar-refractivity contribution is 0.525. The predicted octanol–water partition coefficient (Wildman–Crippen LogP) is 4.28. The fourth-order valence-electron chi connectivity index (χ4n) is 1.68. The van der Waals surface area contributed by atoms with Gasteiger partial charge in [0.15, 0.2) is 11.5 Å². The Kier molecular flexibility index (Phi) is 2.43. The van der Waals surface area contributed by atoms with E-state index in [1.54, 1.807) is 12.5 Å². The van der Waals surface area contributed by atoms with Gasteiger partial charge in [0.05, 0.1) is 18.2 Å². The van der Waals surface area contributed by atoms with Crippen molar-refractivity contribution >= 4 is 11.4 Å². The molecule has 3 nitrogen and oxygen atoms in total. The zero-order valence-corrected chi connectivity index (χ0v) is 9.09. The molecule has 3 heteroatoms. The highest BCUT2D eigenvalue weighted by Gasteiger charge is 2.11. The zero-order chi connectivity index (χ0) is 11.5. The van der Waals surface area contributed by atoms with Gasteiger partial charge in [-0.2, -0.15) is 0 Å². The molecule has 0 saturated heterocycles. The number of rotatable bonds is 3. The Bertz CT molecular complexity index is 582. The topological polar surface area (TPSA) is 38.3 Å². The van der Waals surface area contributed by atoms with Crippen molar-refractivity contribution in [3.8, 4) is 11.5 Å². The second-order valence-corrected chi connectivity index (χ2v) is 3.63. The minimum absolute atomic E-state index is 0.707. The van der Waals surface area contributed by atoms with Crippen molar-refractivity contribution in [1.82, 2.24) is 0 Å². The normalized spacial score (nSPS) is 10.4. The summed E-state index contributed by atoms with van der Waals surface area (Å²) >= 11 is 0. The molecule has 17 heavy (non-hydrogen) atoms. The van der Waals surface area contributed by atoms with Crippen LogP contribution < -0.4 is 5.32 Å². The lowest BCUT2D eigenvalue weighted by Gasteiger charge is -2.04. The summed E-state index contributed by atoms with van der Waals surface area (Å²) in [6, 6.07) is 15.5. The van der Waals surface area contributed by atoms with Gasteiger partial charge in [0.1, 0.15) is 0 Å². The van der Waals surface area contributed by atoms with Gasteiger partial charge < -0.3 is 14.2 Å². The summed E-state index contributed by atoms with van der Waals surface area (Å²) in [7, 11) is 0. The fourth-order valence-corrected chi connectivity index (χ4v) is 1.68. The molecule has 0 saturated carbocycles. The molecule has 3 aromatic rings. The van der Waals surface area contributed by atoms with Gasteiger partial charge in [-0.05, 0) is 24.3 Å². The van der Waals surface area contributed by atoms with Crippen molar-refractivity contribution in [2.75, 3.05) is 5.32 Å². The molecular formula is C14H11NO2. The molecule has 0 amide bonds. The summed E-state index contributed by atoms with van der Waals surface area (Å²) in [5.74, 6) is 1.42. The van der Waals surface area contributed by atoms with Crippen LogP contribution in [-0.2, 0) is 0 Å². The van der Waals surface area contributed by atoms with Crippen molar-refractivity contribution in [2.45, 2.75) is 0 Å². The Morgan fingerprint density at radius 1 is 0.765 bits per heavy atom. The number of hydrogen-bond acceptors (Lipinski definition) is 3. The number of hydrogen-bond donors (Lipinski definition) is 1. The van der Waals surface area contributed by atoms with Crippen LogP contribution in [0.3, 0.4) is 0 Å². The maximum Gasteiger partial charge on any atom is 0.192 e. The summed E-state index contributed by atoms with van der Waals surface area (Å²) < 4.78 is 10.7. The van der Waals surface area contributed by atoms with Gasteiger partial charge in [-0.3, -0.25) is 0 Å². The maximum atomic E-state index is 5.42. The van der Waals surface area contributed by atoms with E-state index >= 15 is 0 Å². The van der Waals surface area contributed by atoms with Gasteiger partial charge in [-0.15, -0.1) is 0 Å². The standard InChI is InChI=1S/C14H11NO2/c1-2-5-11(6-3-1)15-12-8-10-17-14(12)13-7-4-9-16-13/h1-10,15H. The van der Waals surface area contributed by atoms with Crippen molar-refractivity contribution in [2.24, 2.45) is 0 Å². The van der Waals surface area contributed by atoms with E-state index in [1.807, 2.05) is 48.5 Å². The molecule has 1 aromatic carbocycles. The van der Waals surface area contributed by atoms with Crippen LogP contribution in [0, 0.1) is 0 Å². The Balaban J connectivity index is 1.92. The second kappa shape index (κ2) is 4.22. The molecule has 3 rings (SSSR count). The molecule has 0 fully saturated rings. The number of para-hydroxylation sites is 1. The first kappa shape index (κ1) is 9.78. The minimum Gasteiger partial charge on any atom is -0.461 e. The van der Waals surface area contributed by atoms with Crippen LogP contribution in [0.1, 0.15) is 0 Å². The number of benzene rings is 1. The molecule has 0 unspecified atom stereocenters. The lowest BCUT2D eigenvalue weighted by Crippen LogP contribution is -1.89. The molecule has 84 valence electrons. The average molecular weight is 225 g/mol. The quantitative estimate of drug-likeness (QED) is 0.722. The maximum absolute atomic E-state index is 5.42. The molecule has 0 bridgehead atoms. The highest BCUT2D eigenvalue weighted by atomic mass is 16.4. The van der Waals surface area contributed by atoms with E-state index in [4.69, 9.17) is 8.83 Å². The van der Waals surface area contributed by atoms with Crippen LogP contribution in [0.2, 0.25) is 0 Å². The molecule has 0 atom stereocenters. The smallest absolute Gasteiger partial charge is 0.192 e. The first-order valence-electron chi connectivity index (χ1n) is 5.37. The predicted molar refractivity (Wildman–Crippen MR) is 66.1 cm³/mol. The SMILES string of the molecule is c1ccc(Nc2ccoc2-c2ccco2)cc1. The van der Waals surface area contributed by atoms with E-state index < -0.39 is 0 Å². The van der Waals surface area contributed by atoms with E-state index in [2.05, 4.69) is 5.32 Å². The third-order valence-corrected chi connectivity index (χ3v) is 2.46. The number of anilines is 2. The average Bonchev–Trinajstić information content (AvgIpc) is 3.00. The van der Waals surface area contributed by atoms with Crippen LogP contribution in [0.15, 0.2) is 69.9 Å². The Hall–Kier alpha value is -2.42. The van der Waals surface area contributed by atoms with Gasteiger partial charge in [-0.25, -0.2) is 0 Å². The summed E-state index contributed by atoms with van der Waals surface area (Å²) in [6.45, 7) is 0. The van der Waals surface area contributed by atoms with E-state index in [0.29, 0.717) is 11.5 Å². The Labute approximate surface area is 98.7 Å². The third-order valence-electron chi connectivity index (χ3n) is 2.46. The monoisotopic (exact) mass is 225 g/mol. The fraction of sp³-hybridized carbons (Fsp3) is 0. The molecule has 2 aromatic heterocycles. The summed E-state index contributed by atoms with van der Waals surface area (Å²) in [5, 5.41) is 3.29. The van der Waals surface area contributed by atoms with E-state index in [1.165, 1.54) is 0 Å². The molecule has 0 aliphatic heterocycles. The Morgan fingerprint density at radius 3 is 2.41 bits per heavy atom.